The van der Waals surface area contributed by atoms with Gasteiger partial charge in [0.15, 0.2) is 0 Å². The highest BCUT2D eigenvalue weighted by Crippen LogP contribution is 2.13. The zero-order valence-electron chi connectivity index (χ0n) is 10.3. The molecule has 0 spiro atoms. The van der Waals surface area contributed by atoms with Gasteiger partial charge in [-0.25, -0.2) is 0 Å². The summed E-state index contributed by atoms with van der Waals surface area (Å²) >= 11 is 0. The Kier molecular flexibility index (Phi) is 6.62. The van der Waals surface area contributed by atoms with Crippen molar-refractivity contribution < 1.29 is 9.59 Å². The smallest absolute Gasteiger partial charge is 0.220 e. The van der Waals surface area contributed by atoms with E-state index in [1.165, 1.54) is 0 Å². The highest BCUT2D eigenvalue weighted by Gasteiger charge is 2.16. The maximum atomic E-state index is 11.6. The summed E-state index contributed by atoms with van der Waals surface area (Å²) in [4.78, 5) is 22.1. The second kappa shape index (κ2) is 8.06. The first-order chi connectivity index (χ1) is 8.18. The topological polar surface area (TPSA) is 84.2 Å². The van der Waals surface area contributed by atoms with Crippen LogP contribution in [0.5, 0.6) is 0 Å². The molecule has 2 amide bonds. The van der Waals surface area contributed by atoms with Crippen LogP contribution in [0, 0.1) is 5.92 Å². The van der Waals surface area contributed by atoms with Gasteiger partial charge in [0, 0.05) is 19.4 Å². The molecule has 0 aromatic heterocycles. The van der Waals surface area contributed by atoms with E-state index >= 15 is 0 Å². The average molecular weight is 241 g/mol. The van der Waals surface area contributed by atoms with Crippen molar-refractivity contribution >= 4 is 11.8 Å². The minimum absolute atomic E-state index is 0.123. The first-order valence-electron chi connectivity index (χ1n) is 6.44. The van der Waals surface area contributed by atoms with Crippen LogP contribution >= 0.6 is 0 Å². The van der Waals surface area contributed by atoms with Crippen molar-refractivity contribution in [3.05, 3.63) is 0 Å². The summed E-state index contributed by atoms with van der Waals surface area (Å²) in [6, 6.07) is 0. The lowest BCUT2D eigenvalue weighted by atomic mass is 9.96. The van der Waals surface area contributed by atoms with Gasteiger partial charge in [-0.1, -0.05) is 0 Å². The number of amides is 2. The zero-order chi connectivity index (χ0) is 12.5. The van der Waals surface area contributed by atoms with Gasteiger partial charge < -0.3 is 16.4 Å². The van der Waals surface area contributed by atoms with Crippen LogP contribution in [0.3, 0.4) is 0 Å². The molecule has 17 heavy (non-hydrogen) atoms. The van der Waals surface area contributed by atoms with E-state index in [4.69, 9.17) is 5.73 Å². The maximum Gasteiger partial charge on any atom is 0.220 e. The van der Waals surface area contributed by atoms with Crippen LogP contribution in [0.15, 0.2) is 0 Å². The lowest BCUT2D eigenvalue weighted by Gasteiger charge is -2.22. The van der Waals surface area contributed by atoms with E-state index in [1.54, 1.807) is 0 Å². The molecule has 1 atom stereocenters. The molecule has 5 heteroatoms. The number of carbonyl (C=O) groups excluding carboxylic acids is 2. The number of primary amides is 1. The predicted molar refractivity (Wildman–Crippen MR) is 66.3 cm³/mol. The Morgan fingerprint density at radius 3 is 2.82 bits per heavy atom. The van der Waals surface area contributed by atoms with Crippen LogP contribution in [0.2, 0.25) is 0 Å². The van der Waals surface area contributed by atoms with Gasteiger partial charge in [-0.05, 0) is 44.7 Å². The molecule has 1 rings (SSSR count). The predicted octanol–water partition coefficient (Wildman–Crippen LogP) is 0.148. The van der Waals surface area contributed by atoms with E-state index in [-0.39, 0.29) is 11.8 Å². The van der Waals surface area contributed by atoms with E-state index < -0.39 is 0 Å². The minimum atomic E-state index is -0.274. The Bertz CT molecular complexity index is 250. The fraction of sp³-hybridized carbons (Fsp3) is 0.833. The molecule has 0 aromatic rings. The van der Waals surface area contributed by atoms with Crippen LogP contribution in [-0.2, 0) is 9.59 Å². The quantitative estimate of drug-likeness (QED) is 0.555. The summed E-state index contributed by atoms with van der Waals surface area (Å²) in [5, 5.41) is 6.18. The van der Waals surface area contributed by atoms with Gasteiger partial charge >= 0.3 is 0 Å². The molecule has 1 fully saturated rings. The SMILES string of the molecule is NC(=O)CCCCNC(=O)CC1CCCNC1. The van der Waals surface area contributed by atoms with Crippen LogP contribution < -0.4 is 16.4 Å². The fourth-order valence-electron chi connectivity index (χ4n) is 2.08. The van der Waals surface area contributed by atoms with Gasteiger partial charge in [-0.15, -0.1) is 0 Å². The number of piperidine rings is 1. The monoisotopic (exact) mass is 241 g/mol. The molecule has 0 bridgehead atoms. The van der Waals surface area contributed by atoms with Crippen LogP contribution in [0.4, 0.5) is 0 Å². The third-order valence-electron chi connectivity index (χ3n) is 3.05. The van der Waals surface area contributed by atoms with E-state index in [0.29, 0.717) is 25.3 Å². The first-order valence-corrected chi connectivity index (χ1v) is 6.44. The Labute approximate surface area is 103 Å². The molecule has 1 aliphatic rings. The minimum Gasteiger partial charge on any atom is -0.370 e. The highest BCUT2D eigenvalue weighted by molar-refractivity contribution is 5.76. The summed E-state index contributed by atoms with van der Waals surface area (Å²) in [6.45, 7) is 2.67. The number of hydrogen-bond acceptors (Lipinski definition) is 3. The summed E-state index contributed by atoms with van der Waals surface area (Å²) in [5.74, 6) is 0.330. The summed E-state index contributed by atoms with van der Waals surface area (Å²) in [7, 11) is 0. The number of hydrogen-bond donors (Lipinski definition) is 3. The molecule has 1 heterocycles. The Morgan fingerprint density at radius 2 is 2.18 bits per heavy atom. The third-order valence-corrected chi connectivity index (χ3v) is 3.05. The van der Waals surface area contributed by atoms with Crippen LogP contribution in [-0.4, -0.2) is 31.4 Å². The standard InChI is InChI=1S/C12H23N3O2/c13-11(16)5-1-2-7-15-12(17)8-10-4-3-6-14-9-10/h10,14H,1-9H2,(H2,13,16)(H,15,17). The molecule has 0 aliphatic carbocycles. The lowest BCUT2D eigenvalue weighted by molar-refractivity contribution is -0.122. The number of carbonyl (C=O) groups is 2. The van der Waals surface area contributed by atoms with Gasteiger partial charge in [0.05, 0.1) is 0 Å². The lowest BCUT2D eigenvalue weighted by Crippen LogP contribution is -2.34. The van der Waals surface area contributed by atoms with Crippen molar-refractivity contribution in [2.45, 2.75) is 38.5 Å². The van der Waals surface area contributed by atoms with Gasteiger partial charge in [0.1, 0.15) is 0 Å². The Hall–Kier alpha value is -1.10. The van der Waals surface area contributed by atoms with E-state index in [1.807, 2.05) is 0 Å². The van der Waals surface area contributed by atoms with E-state index in [0.717, 1.165) is 38.8 Å². The highest BCUT2D eigenvalue weighted by atomic mass is 16.1. The molecule has 98 valence electrons. The number of unbranched alkanes of at least 4 members (excludes halogenated alkanes) is 1. The summed E-state index contributed by atoms with van der Waals surface area (Å²) in [6.07, 6.45) is 4.89. The maximum absolute atomic E-state index is 11.6. The van der Waals surface area contributed by atoms with Crippen molar-refractivity contribution in [2.75, 3.05) is 19.6 Å². The molecule has 1 aliphatic heterocycles. The number of nitrogens with one attached hydrogen (secondary N) is 2. The van der Waals surface area contributed by atoms with Crippen molar-refractivity contribution in [3.63, 3.8) is 0 Å². The van der Waals surface area contributed by atoms with Gasteiger partial charge in [-0.3, -0.25) is 9.59 Å². The summed E-state index contributed by atoms with van der Waals surface area (Å²) in [5.41, 5.74) is 5.02. The number of nitrogens with two attached hydrogens (primary N) is 1. The first kappa shape index (κ1) is 14.0. The second-order valence-corrected chi connectivity index (χ2v) is 4.69. The molecular formula is C12H23N3O2. The fourth-order valence-corrected chi connectivity index (χ4v) is 2.08. The third kappa shape index (κ3) is 6.94. The van der Waals surface area contributed by atoms with Crippen molar-refractivity contribution in [1.82, 2.24) is 10.6 Å². The zero-order valence-corrected chi connectivity index (χ0v) is 10.3. The van der Waals surface area contributed by atoms with Crippen LogP contribution in [0.1, 0.15) is 38.5 Å². The normalized spacial score (nSPS) is 19.9. The molecule has 1 saturated heterocycles. The Morgan fingerprint density at radius 1 is 1.35 bits per heavy atom. The molecule has 0 saturated carbocycles. The molecule has 0 aromatic carbocycles. The van der Waals surface area contributed by atoms with Gasteiger partial charge in [-0.2, -0.15) is 0 Å². The molecular weight excluding hydrogens is 218 g/mol. The van der Waals surface area contributed by atoms with Crippen molar-refractivity contribution in [2.24, 2.45) is 11.7 Å². The van der Waals surface area contributed by atoms with Crippen molar-refractivity contribution in [3.8, 4) is 0 Å². The second-order valence-electron chi connectivity index (χ2n) is 4.69. The molecule has 5 nitrogen and oxygen atoms in total. The van der Waals surface area contributed by atoms with Gasteiger partial charge in [0.25, 0.3) is 0 Å². The van der Waals surface area contributed by atoms with Crippen molar-refractivity contribution in [1.29, 1.82) is 0 Å². The summed E-state index contributed by atoms with van der Waals surface area (Å²) < 4.78 is 0. The Balaban J connectivity index is 1.98. The van der Waals surface area contributed by atoms with Gasteiger partial charge in [0.2, 0.25) is 11.8 Å². The molecule has 1 unspecified atom stereocenters. The van der Waals surface area contributed by atoms with E-state index in [9.17, 15) is 9.59 Å². The molecule has 4 N–H and O–H groups in total. The number of rotatable bonds is 7. The van der Waals surface area contributed by atoms with E-state index in [2.05, 4.69) is 10.6 Å². The average Bonchev–Trinajstić information content (AvgIpc) is 2.29. The largest absolute Gasteiger partial charge is 0.370 e. The molecule has 0 radical (unpaired) electrons. The van der Waals surface area contributed by atoms with Crippen LogP contribution in [0.25, 0.3) is 0 Å².